The molecule has 1 aromatic carbocycles. The van der Waals surface area contributed by atoms with Crippen LogP contribution in [0.1, 0.15) is 16.1 Å². The highest BCUT2D eigenvalue weighted by atomic mass is 16.3. The summed E-state index contributed by atoms with van der Waals surface area (Å²) in [6, 6.07) is 7.49. The Balaban J connectivity index is 2.12. The van der Waals surface area contributed by atoms with Crippen LogP contribution >= 0.6 is 0 Å². The second-order valence-electron chi connectivity index (χ2n) is 3.94. The number of aromatic hydroxyl groups is 2. The third-order valence-corrected chi connectivity index (χ3v) is 2.54. The summed E-state index contributed by atoms with van der Waals surface area (Å²) in [4.78, 5) is 13.5. The molecule has 2 aromatic rings. The van der Waals surface area contributed by atoms with Crippen molar-refractivity contribution in [3.05, 3.63) is 47.9 Å². The molecule has 0 atom stereocenters. The number of carbonyl (C=O) groups is 1. The Morgan fingerprint density at radius 1 is 1.28 bits per heavy atom. The van der Waals surface area contributed by atoms with Crippen LogP contribution in [-0.4, -0.2) is 28.1 Å². The molecule has 0 spiro atoms. The number of hydrogen-bond acceptors (Lipinski definition) is 4. The fourth-order valence-corrected chi connectivity index (χ4v) is 1.58. The molecule has 0 aliphatic carbocycles. The van der Waals surface area contributed by atoms with Gasteiger partial charge in [-0.3, -0.25) is 4.79 Å². The predicted molar refractivity (Wildman–Crippen MR) is 64.3 cm³/mol. The number of amides is 1. The first-order valence-corrected chi connectivity index (χ1v) is 5.38. The second-order valence-corrected chi connectivity index (χ2v) is 3.94. The molecule has 0 aliphatic heterocycles. The van der Waals surface area contributed by atoms with Crippen molar-refractivity contribution in [2.75, 3.05) is 7.05 Å². The number of carbonyl (C=O) groups excluding carboxylic acids is 1. The zero-order valence-corrected chi connectivity index (χ0v) is 9.83. The van der Waals surface area contributed by atoms with Gasteiger partial charge in [-0.2, -0.15) is 0 Å². The topological polar surface area (TPSA) is 73.9 Å². The smallest absolute Gasteiger partial charge is 0.254 e. The van der Waals surface area contributed by atoms with Gasteiger partial charge in [-0.15, -0.1) is 0 Å². The first-order valence-electron chi connectivity index (χ1n) is 5.38. The Morgan fingerprint density at radius 2 is 2.06 bits per heavy atom. The monoisotopic (exact) mass is 247 g/mol. The van der Waals surface area contributed by atoms with Gasteiger partial charge < -0.3 is 19.5 Å². The van der Waals surface area contributed by atoms with Crippen molar-refractivity contribution in [2.24, 2.45) is 0 Å². The van der Waals surface area contributed by atoms with Crippen LogP contribution in [0.3, 0.4) is 0 Å². The van der Waals surface area contributed by atoms with Gasteiger partial charge in [0, 0.05) is 12.6 Å². The Hall–Kier alpha value is -2.43. The molecule has 5 heteroatoms. The van der Waals surface area contributed by atoms with E-state index in [9.17, 15) is 15.0 Å². The average Bonchev–Trinajstić information content (AvgIpc) is 2.84. The SMILES string of the molecule is CN(Cc1ccco1)C(=O)c1ccc(O)c(O)c1. The lowest BCUT2D eigenvalue weighted by Crippen LogP contribution is -2.25. The summed E-state index contributed by atoms with van der Waals surface area (Å²) in [6.45, 7) is 0.341. The molecule has 2 N–H and O–H groups in total. The summed E-state index contributed by atoms with van der Waals surface area (Å²) in [5.41, 5.74) is 0.305. The van der Waals surface area contributed by atoms with E-state index in [1.165, 1.54) is 23.1 Å². The molecule has 0 saturated carbocycles. The third-order valence-electron chi connectivity index (χ3n) is 2.54. The number of hydrogen-bond donors (Lipinski definition) is 2. The fraction of sp³-hybridized carbons (Fsp3) is 0.154. The molecule has 94 valence electrons. The summed E-state index contributed by atoms with van der Waals surface area (Å²) in [5.74, 6) is -0.150. The van der Waals surface area contributed by atoms with E-state index < -0.39 is 0 Å². The molecule has 1 amide bonds. The lowest BCUT2D eigenvalue weighted by atomic mass is 10.2. The highest BCUT2D eigenvalue weighted by Crippen LogP contribution is 2.25. The van der Waals surface area contributed by atoms with Crippen molar-refractivity contribution in [2.45, 2.75) is 6.54 Å². The van der Waals surface area contributed by atoms with Crippen molar-refractivity contribution in [1.82, 2.24) is 4.90 Å². The van der Waals surface area contributed by atoms with Gasteiger partial charge in [0.1, 0.15) is 5.76 Å². The molecule has 0 bridgehead atoms. The average molecular weight is 247 g/mol. The number of rotatable bonds is 3. The fourth-order valence-electron chi connectivity index (χ4n) is 1.58. The predicted octanol–water partition coefficient (Wildman–Crippen LogP) is 1.96. The number of benzene rings is 1. The molecule has 2 rings (SSSR count). The molecular weight excluding hydrogens is 234 g/mol. The van der Waals surface area contributed by atoms with E-state index in [1.807, 2.05) is 0 Å². The minimum absolute atomic E-state index is 0.250. The van der Waals surface area contributed by atoms with Crippen LogP contribution in [-0.2, 0) is 6.54 Å². The number of phenolic OH excluding ortho intramolecular Hbond substituents is 2. The van der Waals surface area contributed by atoms with Gasteiger partial charge in [0.05, 0.1) is 12.8 Å². The zero-order valence-electron chi connectivity index (χ0n) is 9.83. The number of furan rings is 1. The van der Waals surface area contributed by atoms with Crippen molar-refractivity contribution < 1.29 is 19.4 Å². The van der Waals surface area contributed by atoms with E-state index in [4.69, 9.17) is 4.42 Å². The van der Waals surface area contributed by atoms with Gasteiger partial charge in [-0.05, 0) is 30.3 Å². The van der Waals surface area contributed by atoms with Gasteiger partial charge in [-0.1, -0.05) is 0 Å². The van der Waals surface area contributed by atoms with Crippen LogP contribution in [0, 0.1) is 0 Å². The standard InChI is InChI=1S/C13H13NO4/c1-14(8-10-3-2-6-18-10)13(17)9-4-5-11(15)12(16)7-9/h2-7,15-16H,8H2,1H3. The summed E-state index contributed by atoms with van der Waals surface area (Å²) in [7, 11) is 1.63. The maximum Gasteiger partial charge on any atom is 0.254 e. The number of nitrogens with zero attached hydrogens (tertiary/aromatic N) is 1. The van der Waals surface area contributed by atoms with Crippen LogP contribution in [0.2, 0.25) is 0 Å². The van der Waals surface area contributed by atoms with Crippen LogP contribution in [0.15, 0.2) is 41.0 Å². The summed E-state index contributed by atoms with van der Waals surface area (Å²) in [5, 5.41) is 18.5. The molecule has 1 aromatic heterocycles. The summed E-state index contributed by atoms with van der Waals surface area (Å²) >= 11 is 0. The molecule has 18 heavy (non-hydrogen) atoms. The van der Waals surface area contributed by atoms with Gasteiger partial charge in [0.15, 0.2) is 11.5 Å². The van der Waals surface area contributed by atoms with E-state index in [1.54, 1.807) is 25.4 Å². The van der Waals surface area contributed by atoms with Gasteiger partial charge in [0.25, 0.3) is 5.91 Å². The Kier molecular flexibility index (Phi) is 3.23. The lowest BCUT2D eigenvalue weighted by Gasteiger charge is -2.15. The van der Waals surface area contributed by atoms with Crippen molar-refractivity contribution in [3.63, 3.8) is 0 Å². The second kappa shape index (κ2) is 4.83. The number of phenols is 2. The molecule has 1 heterocycles. The molecule has 5 nitrogen and oxygen atoms in total. The third kappa shape index (κ3) is 2.45. The Bertz CT molecular complexity index is 548. The van der Waals surface area contributed by atoms with Gasteiger partial charge in [0.2, 0.25) is 0 Å². The van der Waals surface area contributed by atoms with Crippen molar-refractivity contribution >= 4 is 5.91 Å². The van der Waals surface area contributed by atoms with Crippen LogP contribution in [0.4, 0.5) is 0 Å². The highest BCUT2D eigenvalue weighted by molar-refractivity contribution is 5.94. The maximum absolute atomic E-state index is 12.0. The maximum atomic E-state index is 12.0. The lowest BCUT2D eigenvalue weighted by molar-refractivity contribution is 0.0775. The van der Waals surface area contributed by atoms with Crippen molar-refractivity contribution in [3.8, 4) is 11.5 Å². The molecule has 0 aliphatic rings. The quantitative estimate of drug-likeness (QED) is 0.813. The van der Waals surface area contributed by atoms with E-state index >= 15 is 0 Å². The molecule has 0 saturated heterocycles. The minimum atomic E-state index is -0.313. The molecule has 0 fully saturated rings. The molecule has 0 unspecified atom stereocenters. The Labute approximate surface area is 104 Å². The minimum Gasteiger partial charge on any atom is -0.504 e. The van der Waals surface area contributed by atoms with Gasteiger partial charge >= 0.3 is 0 Å². The van der Waals surface area contributed by atoms with E-state index in [0.717, 1.165) is 0 Å². The first-order chi connectivity index (χ1) is 8.58. The summed E-state index contributed by atoms with van der Waals surface area (Å²) in [6.07, 6.45) is 1.54. The largest absolute Gasteiger partial charge is 0.504 e. The first kappa shape index (κ1) is 12.0. The van der Waals surface area contributed by atoms with E-state index in [2.05, 4.69) is 0 Å². The van der Waals surface area contributed by atoms with Crippen LogP contribution in [0.25, 0.3) is 0 Å². The highest BCUT2D eigenvalue weighted by Gasteiger charge is 2.14. The van der Waals surface area contributed by atoms with Gasteiger partial charge in [-0.25, -0.2) is 0 Å². The summed E-state index contributed by atoms with van der Waals surface area (Å²) < 4.78 is 5.15. The zero-order chi connectivity index (χ0) is 13.1. The normalized spacial score (nSPS) is 10.3. The van der Waals surface area contributed by atoms with Crippen LogP contribution < -0.4 is 0 Å². The van der Waals surface area contributed by atoms with E-state index in [0.29, 0.717) is 17.9 Å². The van der Waals surface area contributed by atoms with E-state index in [-0.39, 0.29) is 17.4 Å². The van der Waals surface area contributed by atoms with Crippen LogP contribution in [0.5, 0.6) is 11.5 Å². The molecular formula is C13H13NO4. The van der Waals surface area contributed by atoms with Crippen molar-refractivity contribution in [1.29, 1.82) is 0 Å². The Morgan fingerprint density at radius 3 is 2.67 bits per heavy atom. The molecule has 0 radical (unpaired) electrons.